The summed E-state index contributed by atoms with van der Waals surface area (Å²) in [6, 6.07) is 7.27. The van der Waals surface area contributed by atoms with E-state index in [1.807, 2.05) is 6.07 Å². The molecule has 1 aliphatic heterocycles. The molecule has 0 unspecified atom stereocenters. The first-order chi connectivity index (χ1) is 13.5. The van der Waals surface area contributed by atoms with Crippen molar-refractivity contribution < 1.29 is 9.18 Å². The molecule has 1 saturated carbocycles. The molecule has 2 fully saturated rings. The molecule has 6 nitrogen and oxygen atoms in total. The molecule has 0 bridgehead atoms. The van der Waals surface area contributed by atoms with Gasteiger partial charge in [0.2, 0.25) is 5.91 Å². The normalized spacial score (nSPS) is 19.1. The van der Waals surface area contributed by atoms with Crippen LogP contribution in [-0.4, -0.2) is 79.4 Å². The number of aliphatic imine (C=N–C) groups is 1. The van der Waals surface area contributed by atoms with Crippen LogP contribution in [0.25, 0.3) is 0 Å². The third kappa shape index (κ3) is 5.92. The first-order valence-electron chi connectivity index (χ1n) is 10.2. The second-order valence-corrected chi connectivity index (χ2v) is 7.95. The zero-order chi connectivity index (χ0) is 19.9. The summed E-state index contributed by atoms with van der Waals surface area (Å²) in [5.74, 6) is 0.680. The molecule has 1 amide bonds. The highest BCUT2D eigenvalue weighted by molar-refractivity contribution is 5.85. The Morgan fingerprint density at radius 3 is 2.57 bits per heavy atom. The van der Waals surface area contributed by atoms with Gasteiger partial charge in [0, 0.05) is 52.9 Å². The van der Waals surface area contributed by atoms with E-state index in [1.54, 1.807) is 31.1 Å². The Balaban J connectivity index is 1.58. The summed E-state index contributed by atoms with van der Waals surface area (Å²) >= 11 is 0. The topological polar surface area (TPSA) is 51.2 Å². The van der Waals surface area contributed by atoms with E-state index in [-0.39, 0.29) is 18.3 Å². The molecule has 1 saturated heterocycles. The van der Waals surface area contributed by atoms with Crippen LogP contribution in [0.2, 0.25) is 0 Å². The molecule has 1 heterocycles. The van der Waals surface area contributed by atoms with Gasteiger partial charge in [-0.15, -0.1) is 0 Å². The van der Waals surface area contributed by atoms with Crippen molar-refractivity contribution in [3.05, 3.63) is 35.6 Å². The van der Waals surface area contributed by atoms with Crippen molar-refractivity contribution in [3.8, 4) is 0 Å². The predicted octanol–water partition coefficient (Wildman–Crippen LogP) is 1.92. The van der Waals surface area contributed by atoms with E-state index < -0.39 is 0 Å². The summed E-state index contributed by atoms with van der Waals surface area (Å²) in [6.45, 7) is 4.42. The van der Waals surface area contributed by atoms with Crippen LogP contribution in [0.1, 0.15) is 31.2 Å². The summed E-state index contributed by atoms with van der Waals surface area (Å²) in [5, 5.41) is 3.59. The molecule has 1 N–H and O–H groups in total. The molecule has 28 heavy (non-hydrogen) atoms. The fraction of sp³-hybridized carbons (Fsp3) is 0.619. The van der Waals surface area contributed by atoms with Crippen molar-refractivity contribution in [2.45, 2.75) is 38.3 Å². The number of amides is 1. The first kappa shape index (κ1) is 20.6. The van der Waals surface area contributed by atoms with Crippen LogP contribution in [-0.2, 0) is 11.3 Å². The van der Waals surface area contributed by atoms with Crippen LogP contribution in [0.4, 0.5) is 4.39 Å². The van der Waals surface area contributed by atoms with Gasteiger partial charge in [0.1, 0.15) is 12.4 Å². The zero-order valence-electron chi connectivity index (χ0n) is 17.0. The Kier molecular flexibility index (Phi) is 7.25. The van der Waals surface area contributed by atoms with Crippen LogP contribution in [0.3, 0.4) is 0 Å². The fourth-order valence-electron chi connectivity index (χ4n) is 3.78. The maximum absolute atomic E-state index is 13.4. The van der Waals surface area contributed by atoms with Crippen LogP contribution < -0.4 is 5.32 Å². The lowest BCUT2D eigenvalue weighted by Gasteiger charge is -2.37. The molecule has 1 aromatic carbocycles. The summed E-state index contributed by atoms with van der Waals surface area (Å²) in [6.07, 6.45) is 4.84. The highest BCUT2D eigenvalue weighted by Crippen LogP contribution is 2.18. The standard InChI is InChI=1S/C21H32FN5O/c1-25(2)20(28)15-23-21(24-19-8-3-4-9-19)27-12-10-26(11-13-27)16-17-6-5-7-18(22)14-17/h5-7,14,19H,3-4,8-13,15-16H2,1-2H3,(H,23,24). The molecule has 0 radical (unpaired) electrons. The Morgan fingerprint density at radius 2 is 1.93 bits per heavy atom. The Labute approximate surface area is 167 Å². The smallest absolute Gasteiger partial charge is 0.243 e. The number of piperazine rings is 1. The molecule has 3 rings (SSSR count). The van der Waals surface area contributed by atoms with Crippen molar-refractivity contribution in [1.82, 2.24) is 20.0 Å². The van der Waals surface area contributed by atoms with Gasteiger partial charge in [-0.3, -0.25) is 9.69 Å². The van der Waals surface area contributed by atoms with Crippen molar-refractivity contribution in [3.63, 3.8) is 0 Å². The fourth-order valence-corrected chi connectivity index (χ4v) is 3.78. The van der Waals surface area contributed by atoms with E-state index in [4.69, 9.17) is 0 Å². The van der Waals surface area contributed by atoms with E-state index in [2.05, 4.69) is 20.1 Å². The lowest BCUT2D eigenvalue weighted by Crippen LogP contribution is -2.54. The SMILES string of the molecule is CN(C)C(=O)CN=C(NC1CCCC1)N1CCN(Cc2cccc(F)c2)CC1. The second-order valence-electron chi connectivity index (χ2n) is 7.95. The number of halogens is 1. The van der Waals surface area contributed by atoms with Gasteiger partial charge in [0.25, 0.3) is 0 Å². The van der Waals surface area contributed by atoms with Crippen LogP contribution in [0, 0.1) is 5.82 Å². The minimum Gasteiger partial charge on any atom is -0.353 e. The van der Waals surface area contributed by atoms with Gasteiger partial charge in [0.05, 0.1) is 0 Å². The number of carbonyl (C=O) groups is 1. The predicted molar refractivity (Wildman–Crippen MR) is 110 cm³/mol. The zero-order valence-corrected chi connectivity index (χ0v) is 17.0. The lowest BCUT2D eigenvalue weighted by molar-refractivity contribution is -0.127. The number of hydrogen-bond acceptors (Lipinski definition) is 3. The van der Waals surface area contributed by atoms with Crippen molar-refractivity contribution in [2.75, 3.05) is 46.8 Å². The van der Waals surface area contributed by atoms with Gasteiger partial charge in [0.15, 0.2) is 5.96 Å². The molecular formula is C21H32FN5O. The van der Waals surface area contributed by atoms with Gasteiger partial charge in [-0.25, -0.2) is 9.38 Å². The van der Waals surface area contributed by atoms with Gasteiger partial charge in [-0.05, 0) is 30.5 Å². The van der Waals surface area contributed by atoms with Crippen LogP contribution >= 0.6 is 0 Å². The van der Waals surface area contributed by atoms with Crippen LogP contribution in [0.15, 0.2) is 29.3 Å². The summed E-state index contributed by atoms with van der Waals surface area (Å²) < 4.78 is 13.4. The number of benzene rings is 1. The molecule has 2 aliphatic rings. The first-order valence-corrected chi connectivity index (χ1v) is 10.2. The second kappa shape index (κ2) is 9.87. The highest BCUT2D eigenvalue weighted by atomic mass is 19.1. The maximum Gasteiger partial charge on any atom is 0.243 e. The quantitative estimate of drug-likeness (QED) is 0.618. The summed E-state index contributed by atoms with van der Waals surface area (Å²) in [4.78, 5) is 22.8. The van der Waals surface area contributed by atoms with Gasteiger partial charge < -0.3 is 15.1 Å². The van der Waals surface area contributed by atoms with Crippen molar-refractivity contribution in [1.29, 1.82) is 0 Å². The van der Waals surface area contributed by atoms with E-state index in [1.165, 1.54) is 31.7 Å². The van der Waals surface area contributed by atoms with Crippen molar-refractivity contribution >= 4 is 11.9 Å². The molecule has 0 aromatic heterocycles. The number of guanidine groups is 1. The average molecular weight is 390 g/mol. The average Bonchev–Trinajstić information content (AvgIpc) is 3.18. The third-order valence-corrected chi connectivity index (χ3v) is 5.52. The molecule has 154 valence electrons. The minimum atomic E-state index is -0.183. The Morgan fingerprint density at radius 1 is 1.21 bits per heavy atom. The molecule has 1 aliphatic carbocycles. The van der Waals surface area contributed by atoms with Gasteiger partial charge in [-0.1, -0.05) is 25.0 Å². The lowest BCUT2D eigenvalue weighted by atomic mass is 10.2. The molecule has 0 atom stereocenters. The maximum atomic E-state index is 13.4. The van der Waals surface area contributed by atoms with Gasteiger partial charge >= 0.3 is 0 Å². The van der Waals surface area contributed by atoms with Gasteiger partial charge in [-0.2, -0.15) is 0 Å². The third-order valence-electron chi connectivity index (χ3n) is 5.52. The monoisotopic (exact) mass is 389 g/mol. The van der Waals surface area contributed by atoms with E-state index >= 15 is 0 Å². The van der Waals surface area contributed by atoms with E-state index in [9.17, 15) is 9.18 Å². The number of nitrogens with zero attached hydrogens (tertiary/aromatic N) is 4. The van der Waals surface area contributed by atoms with Crippen LogP contribution in [0.5, 0.6) is 0 Å². The number of rotatable bonds is 5. The highest BCUT2D eigenvalue weighted by Gasteiger charge is 2.23. The Hall–Kier alpha value is -2.15. The number of carbonyl (C=O) groups excluding carboxylic acids is 1. The molecule has 1 aromatic rings. The molecule has 7 heteroatoms. The minimum absolute atomic E-state index is 0.00969. The summed E-state index contributed by atoms with van der Waals surface area (Å²) in [5.41, 5.74) is 1.00. The van der Waals surface area contributed by atoms with E-state index in [0.717, 1.165) is 44.2 Å². The number of hydrogen-bond donors (Lipinski definition) is 1. The Bertz CT molecular complexity index is 679. The number of nitrogens with one attached hydrogen (secondary N) is 1. The van der Waals surface area contributed by atoms with E-state index in [0.29, 0.717) is 6.04 Å². The molecule has 0 spiro atoms. The largest absolute Gasteiger partial charge is 0.353 e. The van der Waals surface area contributed by atoms with Crippen molar-refractivity contribution in [2.24, 2.45) is 4.99 Å². The molecular weight excluding hydrogens is 357 g/mol. The summed E-state index contributed by atoms with van der Waals surface area (Å²) in [7, 11) is 3.51. The number of likely N-dealkylation sites (N-methyl/N-ethyl adjacent to an activating group) is 1.